The van der Waals surface area contributed by atoms with E-state index in [1.54, 1.807) is 0 Å². The van der Waals surface area contributed by atoms with Gasteiger partial charge in [-0.2, -0.15) is 0 Å². The van der Waals surface area contributed by atoms with Crippen LogP contribution in [0.4, 0.5) is 0 Å². The minimum atomic E-state index is 0.508. The lowest BCUT2D eigenvalue weighted by Gasteiger charge is -2.27. The van der Waals surface area contributed by atoms with Gasteiger partial charge in [0.25, 0.3) is 0 Å². The van der Waals surface area contributed by atoms with Gasteiger partial charge in [-0.25, -0.2) is 0 Å². The molecule has 0 fully saturated rings. The number of aromatic nitrogens is 2. The lowest BCUT2D eigenvalue weighted by Crippen LogP contribution is -2.14. The van der Waals surface area contributed by atoms with Gasteiger partial charge in [0.2, 0.25) is 0 Å². The van der Waals surface area contributed by atoms with Crippen LogP contribution in [-0.4, -0.2) is 9.13 Å². The molecular weight excluding hydrogens is 472 g/mol. The number of para-hydroxylation sites is 2. The summed E-state index contributed by atoms with van der Waals surface area (Å²) in [7, 11) is 0. The molecule has 2 nitrogen and oxygen atoms in total. The maximum Gasteiger partial charge on any atom is 0.0541 e. The Bertz CT molecular complexity index is 1790. The molecule has 1 atom stereocenters. The smallest absolute Gasteiger partial charge is 0.0541 e. The Balaban J connectivity index is 1.36. The first-order valence-corrected chi connectivity index (χ1v) is 14.7. The van der Waals surface area contributed by atoms with E-state index in [-0.39, 0.29) is 0 Å². The number of hydrogen-bond acceptors (Lipinski definition) is 0. The molecular formula is C37H34N2. The van der Waals surface area contributed by atoms with Crippen LogP contribution in [0.3, 0.4) is 0 Å². The van der Waals surface area contributed by atoms with Crippen molar-refractivity contribution in [2.45, 2.75) is 57.8 Å². The van der Waals surface area contributed by atoms with E-state index in [4.69, 9.17) is 0 Å². The van der Waals surface area contributed by atoms with Gasteiger partial charge in [0.15, 0.2) is 0 Å². The quantitative estimate of drug-likeness (QED) is 0.262. The number of fused-ring (bicyclic) bond motifs is 6. The van der Waals surface area contributed by atoms with Crippen LogP contribution in [0.1, 0.15) is 84.3 Å². The molecule has 2 aromatic heterocycles. The van der Waals surface area contributed by atoms with E-state index >= 15 is 0 Å². The summed E-state index contributed by atoms with van der Waals surface area (Å²) in [6.07, 6.45) is 26.9. The molecule has 0 N–H and O–H groups in total. The summed E-state index contributed by atoms with van der Waals surface area (Å²) >= 11 is 0. The maximum absolute atomic E-state index is 2.67. The first kappa shape index (κ1) is 22.9. The Kier molecular flexibility index (Phi) is 5.30. The first-order chi connectivity index (χ1) is 19.3. The van der Waals surface area contributed by atoms with E-state index in [0.717, 1.165) is 44.9 Å². The van der Waals surface area contributed by atoms with Gasteiger partial charge in [-0.05, 0) is 68.7 Å². The SMILES string of the molecule is CC1CC=Cc2c3c(n(C4=CCCC=C4c4ccccc4-n4c5c(c6ccccc64)CCC=C5)c21)CCC=C3. The van der Waals surface area contributed by atoms with Crippen LogP contribution in [0.25, 0.3) is 46.1 Å². The highest BCUT2D eigenvalue weighted by atomic mass is 15.0. The molecule has 4 aliphatic rings. The third-order valence-corrected chi connectivity index (χ3v) is 9.12. The van der Waals surface area contributed by atoms with Gasteiger partial charge in [0, 0.05) is 56.3 Å². The number of aryl methyl sites for hydroxylation is 1. The third kappa shape index (κ3) is 3.40. The normalized spacial score (nSPS) is 19.5. The lowest BCUT2D eigenvalue weighted by atomic mass is 9.90. The molecule has 0 saturated heterocycles. The maximum atomic E-state index is 2.67. The van der Waals surface area contributed by atoms with Crippen molar-refractivity contribution < 1.29 is 0 Å². The van der Waals surface area contributed by atoms with Gasteiger partial charge < -0.3 is 9.13 Å². The second-order valence-electron chi connectivity index (χ2n) is 11.4. The monoisotopic (exact) mass is 506 g/mol. The minimum Gasteiger partial charge on any atom is -0.316 e. The Morgan fingerprint density at radius 1 is 0.718 bits per heavy atom. The molecule has 2 heteroatoms. The van der Waals surface area contributed by atoms with Gasteiger partial charge in [0.05, 0.1) is 11.2 Å². The van der Waals surface area contributed by atoms with Crippen molar-refractivity contribution in [3.8, 4) is 5.69 Å². The number of allylic oxidation sites excluding steroid dienone is 7. The molecule has 0 amide bonds. The van der Waals surface area contributed by atoms with Gasteiger partial charge in [-0.3, -0.25) is 0 Å². The molecule has 39 heavy (non-hydrogen) atoms. The summed E-state index contributed by atoms with van der Waals surface area (Å²) in [6, 6.07) is 18.1. The van der Waals surface area contributed by atoms with Crippen molar-refractivity contribution in [1.29, 1.82) is 0 Å². The minimum absolute atomic E-state index is 0.508. The fourth-order valence-corrected chi connectivity index (χ4v) is 7.44. The fourth-order valence-electron chi connectivity index (χ4n) is 7.44. The van der Waals surface area contributed by atoms with E-state index < -0.39 is 0 Å². The highest BCUT2D eigenvalue weighted by Gasteiger charge is 2.30. The van der Waals surface area contributed by atoms with Gasteiger partial charge in [0.1, 0.15) is 0 Å². The Hall–Kier alpha value is -4.04. The molecule has 2 heterocycles. The van der Waals surface area contributed by atoms with Gasteiger partial charge in [-0.1, -0.05) is 85.9 Å². The van der Waals surface area contributed by atoms with Crippen LogP contribution in [0, 0.1) is 0 Å². The Morgan fingerprint density at radius 3 is 2.49 bits per heavy atom. The molecule has 0 radical (unpaired) electrons. The van der Waals surface area contributed by atoms with E-state index in [9.17, 15) is 0 Å². The molecule has 0 bridgehead atoms. The van der Waals surface area contributed by atoms with Crippen molar-refractivity contribution in [1.82, 2.24) is 9.13 Å². The van der Waals surface area contributed by atoms with Crippen LogP contribution in [0.15, 0.2) is 78.9 Å². The largest absolute Gasteiger partial charge is 0.316 e. The predicted molar refractivity (Wildman–Crippen MR) is 166 cm³/mol. The summed E-state index contributed by atoms with van der Waals surface area (Å²) < 4.78 is 5.20. The average molecular weight is 507 g/mol. The lowest BCUT2D eigenvalue weighted by molar-refractivity contribution is 0.709. The number of rotatable bonds is 3. The second-order valence-corrected chi connectivity index (χ2v) is 11.4. The molecule has 0 spiro atoms. The summed E-state index contributed by atoms with van der Waals surface area (Å²) in [5.41, 5.74) is 15.4. The van der Waals surface area contributed by atoms with Crippen molar-refractivity contribution in [2.75, 3.05) is 0 Å². The summed E-state index contributed by atoms with van der Waals surface area (Å²) in [5.74, 6) is 0.508. The number of benzene rings is 2. The van der Waals surface area contributed by atoms with E-state index in [1.807, 2.05) is 0 Å². The van der Waals surface area contributed by atoms with Crippen LogP contribution < -0.4 is 0 Å². The Labute approximate surface area is 231 Å². The molecule has 4 aromatic rings. The molecule has 192 valence electrons. The van der Waals surface area contributed by atoms with Crippen LogP contribution in [0.2, 0.25) is 0 Å². The van der Waals surface area contributed by atoms with Crippen LogP contribution in [-0.2, 0) is 12.8 Å². The van der Waals surface area contributed by atoms with Crippen molar-refractivity contribution >= 4 is 40.4 Å². The molecule has 1 unspecified atom stereocenters. The van der Waals surface area contributed by atoms with E-state index in [2.05, 4.69) is 113 Å². The van der Waals surface area contributed by atoms with Gasteiger partial charge in [-0.15, -0.1) is 0 Å². The standard InChI is InChI=1S/C37H34N2/c1-25-13-12-19-31-30-18-6-11-24-36(30)39(37(25)31)35-23-10-5-17-29(35)28-16-4-9-22-34(28)38-32-20-7-2-14-26(32)27-15-3-8-21-33(27)38/h2,4,6-9,12,14,16-23,25H,3,5,10-11,13,15,24H2,1H3. The predicted octanol–water partition coefficient (Wildman–Crippen LogP) is 9.59. The van der Waals surface area contributed by atoms with Crippen LogP contribution >= 0.6 is 0 Å². The third-order valence-electron chi connectivity index (χ3n) is 9.12. The Morgan fingerprint density at radius 2 is 1.51 bits per heavy atom. The van der Waals surface area contributed by atoms with Crippen molar-refractivity contribution in [2.24, 2.45) is 0 Å². The number of nitrogens with zero attached hydrogens (tertiary/aromatic N) is 2. The molecule has 0 aliphatic heterocycles. The van der Waals surface area contributed by atoms with E-state index in [1.165, 1.54) is 67.2 Å². The summed E-state index contributed by atoms with van der Waals surface area (Å²) in [4.78, 5) is 0. The zero-order valence-corrected chi connectivity index (χ0v) is 22.7. The zero-order chi connectivity index (χ0) is 25.9. The molecule has 8 rings (SSSR count). The average Bonchev–Trinajstić information content (AvgIpc) is 3.51. The first-order valence-electron chi connectivity index (χ1n) is 14.7. The summed E-state index contributed by atoms with van der Waals surface area (Å²) in [6.45, 7) is 2.40. The topological polar surface area (TPSA) is 9.86 Å². The van der Waals surface area contributed by atoms with Crippen molar-refractivity contribution in [3.05, 3.63) is 118 Å². The van der Waals surface area contributed by atoms with E-state index in [0.29, 0.717) is 5.92 Å². The van der Waals surface area contributed by atoms with Crippen LogP contribution in [0.5, 0.6) is 0 Å². The highest BCUT2D eigenvalue weighted by Crippen LogP contribution is 2.45. The number of hydrogen-bond donors (Lipinski definition) is 0. The molecule has 2 aromatic carbocycles. The molecule has 0 saturated carbocycles. The molecule has 4 aliphatic carbocycles. The van der Waals surface area contributed by atoms with Crippen molar-refractivity contribution in [3.63, 3.8) is 0 Å². The fraction of sp³-hybridized carbons (Fsp3) is 0.243. The second kappa shape index (κ2) is 9.02. The summed E-state index contributed by atoms with van der Waals surface area (Å²) in [5, 5.41) is 1.39. The highest BCUT2D eigenvalue weighted by molar-refractivity contribution is 6.03. The van der Waals surface area contributed by atoms with Gasteiger partial charge >= 0.3 is 0 Å². The zero-order valence-electron chi connectivity index (χ0n) is 22.7.